The third-order valence-electron chi connectivity index (χ3n) is 3.52. The largest absolute Gasteiger partial charge is 0.450 e. The number of furan rings is 1. The first-order valence-corrected chi connectivity index (χ1v) is 8.06. The highest BCUT2D eigenvalue weighted by Gasteiger charge is 2.25. The highest BCUT2D eigenvalue weighted by atomic mass is 79.9. The minimum Gasteiger partial charge on any atom is -0.450 e. The Labute approximate surface area is 134 Å². The zero-order valence-electron chi connectivity index (χ0n) is 10.7. The van der Waals surface area contributed by atoms with Gasteiger partial charge in [-0.3, -0.25) is 0 Å². The van der Waals surface area contributed by atoms with Gasteiger partial charge < -0.3 is 14.3 Å². The van der Waals surface area contributed by atoms with Crippen LogP contribution in [0.25, 0.3) is 0 Å². The second kappa shape index (κ2) is 6.02. The number of aliphatic hydroxyl groups excluding tert-OH is 1. The highest BCUT2D eigenvalue weighted by molar-refractivity contribution is 9.13. The first kappa shape index (κ1) is 14.3. The van der Waals surface area contributed by atoms with Crippen LogP contribution in [0.5, 0.6) is 0 Å². The van der Waals surface area contributed by atoms with E-state index in [4.69, 9.17) is 9.15 Å². The molecule has 1 aliphatic heterocycles. The molecule has 1 aliphatic rings. The molecule has 2 heterocycles. The lowest BCUT2D eigenvalue weighted by Crippen LogP contribution is -2.18. The van der Waals surface area contributed by atoms with Crippen molar-refractivity contribution in [2.45, 2.75) is 25.0 Å². The van der Waals surface area contributed by atoms with E-state index in [1.807, 2.05) is 12.1 Å². The van der Waals surface area contributed by atoms with Crippen molar-refractivity contribution in [2.24, 2.45) is 0 Å². The molecule has 1 N–H and O–H groups in total. The maximum absolute atomic E-state index is 10.3. The van der Waals surface area contributed by atoms with Crippen molar-refractivity contribution in [3.63, 3.8) is 0 Å². The molecule has 20 heavy (non-hydrogen) atoms. The van der Waals surface area contributed by atoms with Crippen molar-refractivity contribution in [3.05, 3.63) is 56.4 Å². The number of rotatable bonds is 3. The van der Waals surface area contributed by atoms with Gasteiger partial charge in [0.15, 0.2) is 4.67 Å². The quantitative estimate of drug-likeness (QED) is 0.820. The van der Waals surface area contributed by atoms with Crippen LogP contribution >= 0.6 is 31.9 Å². The zero-order valence-corrected chi connectivity index (χ0v) is 13.9. The lowest BCUT2D eigenvalue weighted by molar-refractivity contribution is -0.00140. The van der Waals surface area contributed by atoms with E-state index < -0.39 is 6.10 Å². The summed E-state index contributed by atoms with van der Waals surface area (Å²) >= 11 is 6.63. The van der Waals surface area contributed by atoms with Gasteiger partial charge in [-0.15, -0.1) is 0 Å². The summed E-state index contributed by atoms with van der Waals surface area (Å²) in [5.41, 5.74) is 2.47. The van der Waals surface area contributed by atoms with Gasteiger partial charge in [0.25, 0.3) is 0 Å². The molecule has 0 aliphatic carbocycles. The molecule has 2 unspecified atom stereocenters. The molecule has 0 bridgehead atoms. The van der Waals surface area contributed by atoms with E-state index in [1.54, 1.807) is 6.07 Å². The minimum absolute atomic E-state index is 0.0856. The summed E-state index contributed by atoms with van der Waals surface area (Å²) in [5, 5.41) is 10.3. The Balaban J connectivity index is 1.78. The topological polar surface area (TPSA) is 42.6 Å². The maximum Gasteiger partial charge on any atom is 0.183 e. The van der Waals surface area contributed by atoms with Crippen LogP contribution in [-0.2, 0) is 11.2 Å². The van der Waals surface area contributed by atoms with Crippen LogP contribution in [-0.4, -0.2) is 11.7 Å². The Morgan fingerprint density at radius 1 is 1.30 bits per heavy atom. The summed E-state index contributed by atoms with van der Waals surface area (Å²) in [6.45, 7) is 0.694. The fourth-order valence-corrected chi connectivity index (χ4v) is 3.13. The van der Waals surface area contributed by atoms with Gasteiger partial charge in [0, 0.05) is 6.42 Å². The average Bonchev–Trinajstić information content (AvgIpc) is 2.79. The molecule has 5 heteroatoms. The van der Waals surface area contributed by atoms with Gasteiger partial charge in [-0.2, -0.15) is 0 Å². The van der Waals surface area contributed by atoms with Crippen molar-refractivity contribution >= 4 is 31.9 Å². The molecule has 0 saturated heterocycles. The number of benzene rings is 1. The average molecular weight is 402 g/mol. The Hall–Kier alpha value is -0.620. The molecule has 0 saturated carbocycles. The van der Waals surface area contributed by atoms with E-state index in [9.17, 15) is 5.11 Å². The van der Waals surface area contributed by atoms with Gasteiger partial charge in [-0.05, 0) is 55.5 Å². The number of hydrogen-bond donors (Lipinski definition) is 1. The normalized spacial score (nSPS) is 19.6. The molecule has 1 aromatic carbocycles. The van der Waals surface area contributed by atoms with Crippen LogP contribution in [0.1, 0.15) is 35.5 Å². The monoisotopic (exact) mass is 400 g/mol. The summed E-state index contributed by atoms with van der Waals surface area (Å²) in [4.78, 5) is 0. The number of hydrogen-bond acceptors (Lipinski definition) is 3. The SMILES string of the molecule is OC(CC1OCCc2ccccc21)c1cc(Br)c(Br)o1. The summed E-state index contributed by atoms with van der Waals surface area (Å²) in [7, 11) is 0. The van der Waals surface area contributed by atoms with Gasteiger partial charge in [0.1, 0.15) is 11.9 Å². The Morgan fingerprint density at radius 3 is 2.85 bits per heavy atom. The number of aliphatic hydroxyl groups is 1. The number of fused-ring (bicyclic) bond motifs is 1. The first-order valence-electron chi connectivity index (χ1n) is 6.47. The lowest BCUT2D eigenvalue weighted by atomic mass is 9.94. The van der Waals surface area contributed by atoms with Crippen molar-refractivity contribution in [1.29, 1.82) is 0 Å². The number of ether oxygens (including phenoxy) is 1. The molecule has 2 aromatic rings. The predicted octanol–water partition coefficient (Wildman–Crippen LogP) is 4.54. The van der Waals surface area contributed by atoms with Crippen LogP contribution in [0.3, 0.4) is 0 Å². The molecule has 3 rings (SSSR count). The van der Waals surface area contributed by atoms with Crippen molar-refractivity contribution in [2.75, 3.05) is 6.61 Å². The Bertz CT molecular complexity index is 589. The zero-order chi connectivity index (χ0) is 14.1. The standard InChI is InChI=1S/C15H14Br2O3/c16-11-7-14(20-15(11)17)12(18)8-13-10-4-2-1-3-9(10)5-6-19-13/h1-4,7,12-13,18H,5-6,8H2. The highest BCUT2D eigenvalue weighted by Crippen LogP contribution is 2.37. The van der Waals surface area contributed by atoms with Crippen LogP contribution in [0.15, 0.2) is 43.9 Å². The molecule has 106 valence electrons. The van der Waals surface area contributed by atoms with Crippen molar-refractivity contribution in [1.82, 2.24) is 0 Å². The summed E-state index contributed by atoms with van der Waals surface area (Å²) in [6.07, 6.45) is 0.649. The van der Waals surface area contributed by atoms with Crippen molar-refractivity contribution in [3.8, 4) is 0 Å². The van der Waals surface area contributed by atoms with E-state index in [-0.39, 0.29) is 6.10 Å². The molecular weight excluding hydrogens is 388 g/mol. The van der Waals surface area contributed by atoms with E-state index in [2.05, 4.69) is 44.0 Å². The first-order chi connectivity index (χ1) is 9.65. The predicted molar refractivity (Wildman–Crippen MR) is 82.5 cm³/mol. The summed E-state index contributed by atoms with van der Waals surface area (Å²) in [5.74, 6) is 0.537. The molecule has 3 nitrogen and oxygen atoms in total. The van der Waals surface area contributed by atoms with Crippen LogP contribution in [0.4, 0.5) is 0 Å². The van der Waals surface area contributed by atoms with Gasteiger partial charge in [0.2, 0.25) is 0 Å². The van der Waals surface area contributed by atoms with Gasteiger partial charge >= 0.3 is 0 Å². The van der Waals surface area contributed by atoms with Crippen LogP contribution in [0, 0.1) is 0 Å². The molecule has 2 atom stereocenters. The van der Waals surface area contributed by atoms with Gasteiger partial charge in [0.05, 0.1) is 17.2 Å². The fraction of sp³-hybridized carbons (Fsp3) is 0.333. The second-order valence-corrected chi connectivity index (χ2v) is 6.40. The molecule has 0 amide bonds. The molecule has 0 fully saturated rings. The van der Waals surface area contributed by atoms with Gasteiger partial charge in [-0.1, -0.05) is 24.3 Å². The maximum atomic E-state index is 10.3. The fourth-order valence-electron chi connectivity index (χ4n) is 2.52. The molecule has 0 radical (unpaired) electrons. The Morgan fingerprint density at radius 2 is 2.10 bits per heavy atom. The smallest absolute Gasteiger partial charge is 0.183 e. The van der Waals surface area contributed by atoms with E-state index in [1.165, 1.54) is 11.1 Å². The van der Waals surface area contributed by atoms with Crippen LogP contribution in [0.2, 0.25) is 0 Å². The van der Waals surface area contributed by atoms with E-state index in [0.717, 1.165) is 10.9 Å². The minimum atomic E-state index is -0.686. The molecule has 1 aromatic heterocycles. The van der Waals surface area contributed by atoms with Crippen molar-refractivity contribution < 1.29 is 14.3 Å². The Kier molecular flexibility index (Phi) is 4.31. The van der Waals surface area contributed by atoms with Crippen LogP contribution < -0.4 is 0 Å². The van der Waals surface area contributed by atoms with E-state index >= 15 is 0 Å². The number of halogens is 2. The summed E-state index contributed by atoms with van der Waals surface area (Å²) in [6, 6.07) is 10.0. The summed E-state index contributed by atoms with van der Waals surface area (Å²) < 4.78 is 12.7. The second-order valence-electron chi connectivity index (χ2n) is 4.83. The van der Waals surface area contributed by atoms with Gasteiger partial charge in [-0.25, -0.2) is 0 Å². The lowest BCUT2D eigenvalue weighted by Gasteiger charge is -2.27. The molecule has 0 spiro atoms. The molecular formula is C15H14Br2O3. The third kappa shape index (κ3) is 2.86. The van der Waals surface area contributed by atoms with E-state index in [0.29, 0.717) is 23.5 Å². The third-order valence-corrected chi connectivity index (χ3v) is 5.23.